The molecule has 2 heterocycles. The third-order valence-electron chi connectivity index (χ3n) is 6.49. The second-order valence-electron chi connectivity index (χ2n) is 8.93. The number of hydrogen-bond donors (Lipinski definition) is 1. The van der Waals surface area contributed by atoms with Crippen molar-refractivity contribution in [3.63, 3.8) is 0 Å². The number of sulfonamides is 1. The Morgan fingerprint density at radius 1 is 1.20 bits per heavy atom. The lowest BCUT2D eigenvalue weighted by Gasteiger charge is -2.38. The molecule has 1 saturated heterocycles. The van der Waals surface area contributed by atoms with Crippen LogP contribution >= 0.6 is 0 Å². The molecule has 1 aromatic heterocycles. The number of carbonyl (C=O) groups is 1. The van der Waals surface area contributed by atoms with Crippen molar-refractivity contribution in [1.29, 1.82) is 0 Å². The van der Waals surface area contributed by atoms with E-state index < -0.39 is 15.6 Å². The summed E-state index contributed by atoms with van der Waals surface area (Å²) >= 11 is 0. The van der Waals surface area contributed by atoms with Gasteiger partial charge in [-0.1, -0.05) is 6.07 Å². The van der Waals surface area contributed by atoms with E-state index in [-0.39, 0.29) is 37.0 Å². The van der Waals surface area contributed by atoms with Gasteiger partial charge in [0.15, 0.2) is 0 Å². The molecule has 35 heavy (non-hydrogen) atoms. The van der Waals surface area contributed by atoms with Crippen molar-refractivity contribution in [3.8, 4) is 5.75 Å². The predicted octanol–water partition coefficient (Wildman–Crippen LogP) is 2.24. The summed E-state index contributed by atoms with van der Waals surface area (Å²) in [4.78, 5) is 18.6. The SMILES string of the molecule is COc1cc(C)c(S(=O)(=O)N(C)CCOCCC(=O)N2CCC(O)(c3cccnc3)CC2)c(C)c1. The van der Waals surface area contributed by atoms with Crippen LogP contribution in [0.5, 0.6) is 5.75 Å². The Morgan fingerprint density at radius 2 is 1.86 bits per heavy atom. The van der Waals surface area contributed by atoms with Crippen LogP contribution in [-0.4, -0.2) is 80.6 Å². The molecule has 3 rings (SSSR count). The third kappa shape index (κ3) is 6.38. The summed E-state index contributed by atoms with van der Waals surface area (Å²) in [6.07, 6.45) is 4.45. The van der Waals surface area contributed by atoms with Crippen LogP contribution in [-0.2, 0) is 25.2 Å². The Kier molecular flexibility index (Phi) is 8.87. The number of hydrogen-bond acceptors (Lipinski definition) is 7. The van der Waals surface area contributed by atoms with Gasteiger partial charge in [0.05, 0.1) is 37.2 Å². The minimum atomic E-state index is -3.69. The smallest absolute Gasteiger partial charge is 0.243 e. The van der Waals surface area contributed by atoms with E-state index in [0.29, 0.717) is 42.8 Å². The molecule has 1 N–H and O–H groups in total. The maximum Gasteiger partial charge on any atom is 0.243 e. The average Bonchev–Trinajstić information content (AvgIpc) is 2.83. The Hall–Kier alpha value is -2.53. The van der Waals surface area contributed by atoms with Crippen LogP contribution < -0.4 is 4.74 Å². The fourth-order valence-corrected chi connectivity index (χ4v) is 5.93. The topological polar surface area (TPSA) is 109 Å². The number of benzene rings is 1. The lowest BCUT2D eigenvalue weighted by atomic mass is 9.85. The molecule has 0 spiro atoms. The maximum atomic E-state index is 13.1. The highest BCUT2D eigenvalue weighted by Gasteiger charge is 2.35. The maximum absolute atomic E-state index is 13.1. The van der Waals surface area contributed by atoms with Gasteiger partial charge in [0.25, 0.3) is 0 Å². The van der Waals surface area contributed by atoms with Gasteiger partial charge in [-0.05, 0) is 56.0 Å². The number of aliphatic hydroxyl groups is 1. The minimum absolute atomic E-state index is 0.0382. The first-order chi connectivity index (χ1) is 16.6. The van der Waals surface area contributed by atoms with Crippen LogP contribution in [0.15, 0.2) is 41.6 Å². The minimum Gasteiger partial charge on any atom is -0.497 e. The number of amides is 1. The molecule has 0 bridgehead atoms. The number of methoxy groups -OCH3 is 1. The van der Waals surface area contributed by atoms with Gasteiger partial charge in [-0.25, -0.2) is 8.42 Å². The first-order valence-electron chi connectivity index (χ1n) is 11.7. The van der Waals surface area contributed by atoms with Crippen LogP contribution in [0, 0.1) is 13.8 Å². The zero-order valence-corrected chi connectivity index (χ0v) is 21.7. The van der Waals surface area contributed by atoms with Crippen LogP contribution in [0.4, 0.5) is 0 Å². The zero-order chi connectivity index (χ0) is 25.6. The number of ether oxygens (including phenoxy) is 2. The first-order valence-corrected chi connectivity index (χ1v) is 13.1. The number of pyridine rings is 1. The van der Waals surface area contributed by atoms with E-state index in [1.165, 1.54) is 11.4 Å². The molecular formula is C25H35N3O6S. The van der Waals surface area contributed by atoms with Gasteiger partial charge in [-0.3, -0.25) is 9.78 Å². The second-order valence-corrected chi connectivity index (χ2v) is 10.9. The Labute approximate surface area is 207 Å². The van der Waals surface area contributed by atoms with Crippen molar-refractivity contribution in [1.82, 2.24) is 14.2 Å². The standard InChI is InChI=1S/C25H35N3O6S/c1-19-16-22(33-4)17-20(2)24(19)35(31,32)27(3)13-15-34-14-7-23(29)28-11-8-25(30,9-12-28)21-6-5-10-26-18-21/h5-6,10,16-18,30H,7-9,11-15H2,1-4H3. The highest BCUT2D eigenvalue weighted by Crippen LogP contribution is 2.32. The van der Waals surface area contributed by atoms with E-state index in [1.54, 1.807) is 56.4 Å². The molecule has 0 radical (unpaired) electrons. The van der Waals surface area contributed by atoms with Crippen molar-refractivity contribution < 1.29 is 27.8 Å². The summed E-state index contributed by atoms with van der Waals surface area (Å²) in [5.41, 5.74) is 1.06. The summed E-state index contributed by atoms with van der Waals surface area (Å²) in [6.45, 7) is 4.97. The molecule has 1 aromatic carbocycles. The van der Waals surface area contributed by atoms with Crippen molar-refractivity contribution in [2.75, 3.05) is 47.0 Å². The van der Waals surface area contributed by atoms with E-state index in [9.17, 15) is 18.3 Å². The van der Waals surface area contributed by atoms with E-state index in [1.807, 2.05) is 6.07 Å². The number of piperidine rings is 1. The normalized spacial score (nSPS) is 15.9. The molecule has 9 nitrogen and oxygen atoms in total. The van der Waals surface area contributed by atoms with E-state index in [2.05, 4.69) is 4.98 Å². The lowest BCUT2D eigenvalue weighted by molar-refractivity contribution is -0.136. The number of nitrogens with zero attached hydrogens (tertiary/aromatic N) is 3. The molecule has 2 aromatic rings. The molecule has 0 aliphatic carbocycles. The molecule has 1 aliphatic heterocycles. The van der Waals surface area contributed by atoms with Crippen molar-refractivity contribution in [3.05, 3.63) is 53.3 Å². The highest BCUT2D eigenvalue weighted by atomic mass is 32.2. The molecule has 0 unspecified atom stereocenters. The molecule has 1 fully saturated rings. The molecule has 10 heteroatoms. The van der Waals surface area contributed by atoms with E-state index >= 15 is 0 Å². The van der Waals surface area contributed by atoms with Gasteiger partial charge in [0.2, 0.25) is 15.9 Å². The van der Waals surface area contributed by atoms with Crippen molar-refractivity contribution >= 4 is 15.9 Å². The largest absolute Gasteiger partial charge is 0.497 e. The number of aryl methyl sites for hydroxylation is 2. The number of likely N-dealkylation sites (tertiary alicyclic amines) is 1. The summed E-state index contributed by atoms with van der Waals surface area (Å²) in [6, 6.07) is 7.05. The quantitative estimate of drug-likeness (QED) is 0.493. The molecule has 192 valence electrons. The Balaban J connectivity index is 1.42. The molecule has 0 atom stereocenters. The van der Waals surface area contributed by atoms with Gasteiger partial charge in [0.1, 0.15) is 5.75 Å². The summed E-state index contributed by atoms with van der Waals surface area (Å²) in [5.74, 6) is 0.578. The van der Waals surface area contributed by atoms with Crippen LogP contribution in [0.25, 0.3) is 0 Å². The van der Waals surface area contributed by atoms with E-state index in [4.69, 9.17) is 9.47 Å². The summed E-state index contributed by atoms with van der Waals surface area (Å²) in [5, 5.41) is 10.9. The molecule has 1 amide bonds. The fourth-order valence-electron chi connectivity index (χ4n) is 4.38. The van der Waals surface area contributed by atoms with Crippen LogP contribution in [0.1, 0.15) is 36.0 Å². The summed E-state index contributed by atoms with van der Waals surface area (Å²) < 4.78 is 38.2. The van der Waals surface area contributed by atoms with Crippen LogP contribution in [0.3, 0.4) is 0 Å². The average molecular weight is 506 g/mol. The number of rotatable bonds is 10. The van der Waals surface area contributed by atoms with Gasteiger partial charge in [0, 0.05) is 44.6 Å². The predicted molar refractivity (Wildman–Crippen MR) is 132 cm³/mol. The number of aromatic nitrogens is 1. The first kappa shape index (κ1) is 27.1. The monoisotopic (exact) mass is 505 g/mol. The molecular weight excluding hydrogens is 470 g/mol. The van der Waals surface area contributed by atoms with Gasteiger partial charge < -0.3 is 19.5 Å². The fraction of sp³-hybridized carbons (Fsp3) is 0.520. The third-order valence-corrected chi connectivity index (χ3v) is 8.65. The summed E-state index contributed by atoms with van der Waals surface area (Å²) in [7, 11) is -0.622. The van der Waals surface area contributed by atoms with Gasteiger partial charge >= 0.3 is 0 Å². The molecule has 0 saturated carbocycles. The van der Waals surface area contributed by atoms with E-state index in [0.717, 1.165) is 5.56 Å². The lowest BCUT2D eigenvalue weighted by Crippen LogP contribution is -2.45. The van der Waals surface area contributed by atoms with Crippen LogP contribution in [0.2, 0.25) is 0 Å². The van der Waals surface area contributed by atoms with Crippen molar-refractivity contribution in [2.24, 2.45) is 0 Å². The van der Waals surface area contributed by atoms with Gasteiger partial charge in [-0.2, -0.15) is 4.31 Å². The number of likely N-dealkylation sites (N-methyl/N-ethyl adjacent to an activating group) is 1. The Bertz CT molecular complexity index is 1090. The Morgan fingerprint density at radius 3 is 2.43 bits per heavy atom. The zero-order valence-electron chi connectivity index (χ0n) is 20.9. The van der Waals surface area contributed by atoms with Gasteiger partial charge in [-0.15, -0.1) is 0 Å². The molecule has 1 aliphatic rings. The second kappa shape index (κ2) is 11.5. The van der Waals surface area contributed by atoms with Crippen molar-refractivity contribution in [2.45, 2.75) is 43.6 Å². The highest BCUT2D eigenvalue weighted by molar-refractivity contribution is 7.89. The number of carbonyl (C=O) groups excluding carboxylic acids is 1.